The van der Waals surface area contributed by atoms with Gasteiger partial charge >= 0.3 is 0 Å². The zero-order chi connectivity index (χ0) is 27.1. The molecule has 5 heteroatoms. The number of hydrogen-bond donors (Lipinski definition) is 0. The molecule has 1 amide bonds. The first-order valence-corrected chi connectivity index (χ1v) is 14.1. The van der Waals surface area contributed by atoms with Crippen LogP contribution >= 0.6 is 11.8 Å². The maximum absolute atomic E-state index is 13.6. The lowest BCUT2D eigenvalue weighted by molar-refractivity contribution is -0.122. The number of ether oxygens (including phenoxy) is 1. The Hall–Kier alpha value is -4.61. The van der Waals surface area contributed by atoms with Gasteiger partial charge in [0, 0.05) is 0 Å². The normalized spacial score (nSPS) is 15.3. The first-order chi connectivity index (χ1) is 19.7. The molecule has 4 nitrogen and oxygen atoms in total. The van der Waals surface area contributed by atoms with Gasteiger partial charge in [0.25, 0.3) is 5.91 Å². The standard InChI is InChI=1S/C35H28N2O2S/c38-34-33(40-35(36-23-26-11-3-1-4-12-26)37(34)24-27-13-5-2-6-14-27)22-28-15-9-19-31(21-28)39-25-30-18-10-17-29-16-7-8-20-32(29)30/h1-22H,23-25H2/b33-22-,36-35?. The average molecular weight is 541 g/mol. The van der Waals surface area contributed by atoms with Crippen LogP contribution in [0.2, 0.25) is 0 Å². The predicted octanol–water partition coefficient (Wildman–Crippen LogP) is 8.09. The molecule has 0 saturated carbocycles. The van der Waals surface area contributed by atoms with Crippen LogP contribution in [-0.2, 0) is 24.5 Å². The zero-order valence-electron chi connectivity index (χ0n) is 21.9. The topological polar surface area (TPSA) is 41.9 Å². The molecule has 0 spiro atoms. The van der Waals surface area contributed by atoms with Crippen molar-refractivity contribution in [1.82, 2.24) is 4.90 Å². The second-order valence-electron chi connectivity index (χ2n) is 9.57. The summed E-state index contributed by atoms with van der Waals surface area (Å²) in [5.74, 6) is 0.722. The van der Waals surface area contributed by atoms with Gasteiger partial charge in [-0.2, -0.15) is 0 Å². The van der Waals surface area contributed by atoms with Gasteiger partial charge in [-0.3, -0.25) is 14.7 Å². The van der Waals surface area contributed by atoms with Crippen molar-refractivity contribution in [2.75, 3.05) is 0 Å². The van der Waals surface area contributed by atoms with E-state index in [-0.39, 0.29) is 5.91 Å². The van der Waals surface area contributed by atoms with E-state index in [2.05, 4.69) is 30.3 Å². The molecular formula is C35H28N2O2S. The van der Waals surface area contributed by atoms with E-state index >= 15 is 0 Å². The van der Waals surface area contributed by atoms with E-state index < -0.39 is 0 Å². The summed E-state index contributed by atoms with van der Waals surface area (Å²) in [6, 6.07) is 42.6. The summed E-state index contributed by atoms with van der Waals surface area (Å²) < 4.78 is 6.19. The highest BCUT2D eigenvalue weighted by Gasteiger charge is 2.33. The molecule has 0 bridgehead atoms. The number of amidine groups is 1. The summed E-state index contributed by atoms with van der Waals surface area (Å²) >= 11 is 1.42. The number of amides is 1. The molecule has 196 valence electrons. The van der Waals surface area contributed by atoms with E-state index in [0.29, 0.717) is 29.8 Å². The number of benzene rings is 5. The Morgan fingerprint density at radius 1 is 0.750 bits per heavy atom. The second-order valence-corrected chi connectivity index (χ2v) is 10.6. The summed E-state index contributed by atoms with van der Waals surface area (Å²) in [7, 11) is 0. The van der Waals surface area contributed by atoms with Crippen LogP contribution in [0.4, 0.5) is 0 Å². The third kappa shape index (κ3) is 6.00. The van der Waals surface area contributed by atoms with Crippen molar-refractivity contribution >= 4 is 39.7 Å². The average Bonchev–Trinajstić information content (AvgIpc) is 3.29. The van der Waals surface area contributed by atoms with E-state index in [1.54, 1.807) is 4.90 Å². The van der Waals surface area contributed by atoms with Crippen molar-refractivity contribution in [2.24, 2.45) is 4.99 Å². The van der Waals surface area contributed by atoms with Gasteiger partial charge < -0.3 is 4.74 Å². The molecule has 6 rings (SSSR count). The Labute approximate surface area is 238 Å². The van der Waals surface area contributed by atoms with Gasteiger partial charge in [-0.15, -0.1) is 0 Å². The zero-order valence-corrected chi connectivity index (χ0v) is 22.8. The van der Waals surface area contributed by atoms with Crippen LogP contribution in [-0.4, -0.2) is 16.0 Å². The Kier molecular flexibility index (Phi) is 7.73. The van der Waals surface area contributed by atoms with Gasteiger partial charge in [-0.05, 0) is 63.0 Å². The fourth-order valence-electron chi connectivity index (χ4n) is 4.70. The van der Waals surface area contributed by atoms with Gasteiger partial charge in [0.2, 0.25) is 0 Å². The second kappa shape index (κ2) is 12.1. The van der Waals surface area contributed by atoms with E-state index in [9.17, 15) is 4.79 Å². The minimum absolute atomic E-state index is 0.0391. The van der Waals surface area contributed by atoms with Crippen molar-refractivity contribution in [1.29, 1.82) is 0 Å². The van der Waals surface area contributed by atoms with Gasteiger partial charge in [0.05, 0.1) is 18.0 Å². The molecule has 0 N–H and O–H groups in total. The lowest BCUT2D eigenvalue weighted by Gasteiger charge is -2.15. The SMILES string of the molecule is O=C1/C(=C/c2cccc(OCc3cccc4ccccc34)c2)SC(=NCc2ccccc2)N1Cc1ccccc1. The number of carbonyl (C=O) groups is 1. The summed E-state index contributed by atoms with van der Waals surface area (Å²) in [5.41, 5.74) is 4.22. The maximum Gasteiger partial charge on any atom is 0.267 e. The lowest BCUT2D eigenvalue weighted by atomic mass is 10.1. The van der Waals surface area contributed by atoms with Crippen LogP contribution in [0.25, 0.3) is 16.8 Å². The van der Waals surface area contributed by atoms with Crippen LogP contribution in [0, 0.1) is 0 Å². The summed E-state index contributed by atoms with van der Waals surface area (Å²) in [6.07, 6.45) is 1.93. The van der Waals surface area contributed by atoms with E-state index in [4.69, 9.17) is 9.73 Å². The Bertz CT molecular complexity index is 1690. The first-order valence-electron chi connectivity index (χ1n) is 13.3. The minimum atomic E-state index is -0.0391. The summed E-state index contributed by atoms with van der Waals surface area (Å²) in [5, 5.41) is 3.10. The molecule has 0 aromatic heterocycles. The Morgan fingerprint density at radius 3 is 2.27 bits per heavy atom. The predicted molar refractivity (Wildman–Crippen MR) is 165 cm³/mol. The molecule has 1 heterocycles. The van der Waals surface area contributed by atoms with E-state index in [1.165, 1.54) is 22.5 Å². The highest BCUT2D eigenvalue weighted by molar-refractivity contribution is 8.18. The van der Waals surface area contributed by atoms with Crippen LogP contribution in [0.3, 0.4) is 0 Å². The van der Waals surface area contributed by atoms with Gasteiger partial charge in [-0.25, -0.2) is 0 Å². The highest BCUT2D eigenvalue weighted by Crippen LogP contribution is 2.34. The molecule has 1 aliphatic rings. The first kappa shape index (κ1) is 25.7. The van der Waals surface area contributed by atoms with Gasteiger partial charge in [0.1, 0.15) is 12.4 Å². The molecule has 1 aliphatic heterocycles. The number of thioether (sulfide) groups is 1. The van der Waals surface area contributed by atoms with Crippen molar-refractivity contribution in [2.45, 2.75) is 19.7 Å². The van der Waals surface area contributed by atoms with Crippen molar-refractivity contribution in [3.8, 4) is 5.75 Å². The Morgan fingerprint density at radius 2 is 1.45 bits per heavy atom. The molecule has 0 radical (unpaired) electrons. The summed E-state index contributed by atoms with van der Waals surface area (Å²) in [6.45, 7) is 1.47. The molecule has 40 heavy (non-hydrogen) atoms. The fraction of sp³-hybridized carbons (Fsp3) is 0.0857. The molecule has 1 saturated heterocycles. The number of nitrogens with zero attached hydrogens (tertiary/aromatic N) is 2. The van der Waals surface area contributed by atoms with Crippen LogP contribution in [0.15, 0.2) is 137 Å². The minimum Gasteiger partial charge on any atom is -0.489 e. The van der Waals surface area contributed by atoms with Crippen molar-refractivity contribution < 1.29 is 9.53 Å². The van der Waals surface area contributed by atoms with E-state index in [0.717, 1.165) is 28.0 Å². The number of aliphatic imine (C=N–C) groups is 1. The van der Waals surface area contributed by atoms with Crippen LogP contribution < -0.4 is 4.74 Å². The fourth-order valence-corrected chi connectivity index (χ4v) is 5.67. The lowest BCUT2D eigenvalue weighted by Crippen LogP contribution is -2.28. The van der Waals surface area contributed by atoms with Gasteiger partial charge in [0.15, 0.2) is 5.17 Å². The number of rotatable bonds is 8. The third-order valence-electron chi connectivity index (χ3n) is 6.74. The van der Waals surface area contributed by atoms with Gasteiger partial charge in [-0.1, -0.05) is 115 Å². The molecular weight excluding hydrogens is 512 g/mol. The number of carbonyl (C=O) groups excluding carboxylic acids is 1. The van der Waals surface area contributed by atoms with Crippen LogP contribution in [0.1, 0.15) is 22.3 Å². The van der Waals surface area contributed by atoms with Crippen molar-refractivity contribution in [3.63, 3.8) is 0 Å². The quantitative estimate of drug-likeness (QED) is 0.187. The van der Waals surface area contributed by atoms with Crippen molar-refractivity contribution in [3.05, 3.63) is 155 Å². The molecule has 0 atom stereocenters. The smallest absolute Gasteiger partial charge is 0.267 e. The Balaban J connectivity index is 1.22. The number of fused-ring (bicyclic) bond motifs is 1. The third-order valence-corrected chi connectivity index (χ3v) is 7.79. The molecule has 5 aromatic carbocycles. The molecule has 0 aliphatic carbocycles. The molecule has 1 fully saturated rings. The highest BCUT2D eigenvalue weighted by atomic mass is 32.2. The number of hydrogen-bond acceptors (Lipinski definition) is 4. The molecule has 5 aromatic rings. The van der Waals surface area contributed by atoms with E-state index in [1.807, 2.05) is 103 Å². The summed E-state index contributed by atoms with van der Waals surface area (Å²) in [4.78, 5) is 20.8. The maximum atomic E-state index is 13.6. The largest absolute Gasteiger partial charge is 0.489 e. The monoisotopic (exact) mass is 540 g/mol. The van der Waals surface area contributed by atoms with Crippen LogP contribution in [0.5, 0.6) is 5.75 Å². The molecule has 0 unspecified atom stereocenters.